The maximum atomic E-state index is 15.0. The third kappa shape index (κ3) is 11.3. The highest BCUT2D eigenvalue weighted by molar-refractivity contribution is 6.06. The van der Waals surface area contributed by atoms with E-state index in [1.165, 1.54) is 7.11 Å². The minimum absolute atomic E-state index is 0.0310. The van der Waals surface area contributed by atoms with Gasteiger partial charge in [0.1, 0.15) is 0 Å². The van der Waals surface area contributed by atoms with E-state index in [2.05, 4.69) is 59.6 Å². The zero-order chi connectivity index (χ0) is 47.0. The molecule has 3 aliphatic carbocycles. The Morgan fingerprint density at radius 3 is 2.47 bits per heavy atom. The Kier molecular flexibility index (Phi) is 16.6. The second-order valence-electron chi connectivity index (χ2n) is 20.0. The Morgan fingerprint density at radius 2 is 1.76 bits per heavy atom. The van der Waals surface area contributed by atoms with Crippen LogP contribution in [0.1, 0.15) is 138 Å². The van der Waals surface area contributed by atoms with E-state index in [1.54, 1.807) is 19.1 Å². The minimum atomic E-state index is -1.81. The van der Waals surface area contributed by atoms with Crippen molar-refractivity contribution >= 4 is 11.6 Å². The van der Waals surface area contributed by atoms with Gasteiger partial charge in [-0.1, -0.05) is 87.8 Å². The number of ketones is 2. The van der Waals surface area contributed by atoms with Gasteiger partial charge in [0.25, 0.3) is 0 Å². The molecule has 0 saturated heterocycles. The van der Waals surface area contributed by atoms with Gasteiger partial charge in [0, 0.05) is 55.2 Å². The summed E-state index contributed by atoms with van der Waals surface area (Å²) in [5.41, 5.74) is 11.6. The van der Waals surface area contributed by atoms with Gasteiger partial charge in [-0.15, -0.1) is 0 Å². The molecule has 3 aromatic rings. The summed E-state index contributed by atoms with van der Waals surface area (Å²) in [5, 5.41) is 52.6. The number of carbonyl (C=O) groups is 2. The van der Waals surface area contributed by atoms with Crippen LogP contribution in [0, 0.1) is 41.4 Å². The predicted molar refractivity (Wildman–Crippen MR) is 259 cm³/mol. The van der Waals surface area contributed by atoms with E-state index in [0.717, 1.165) is 91.4 Å². The number of nitrogens with two attached hydrogens (primary N) is 1. The topological polar surface area (TPSA) is 190 Å². The molecule has 11 nitrogen and oxygen atoms in total. The fourth-order valence-electron chi connectivity index (χ4n) is 11.8. The number of hydrogen-bond acceptors (Lipinski definition) is 10. The van der Waals surface area contributed by atoms with Gasteiger partial charge in [0.2, 0.25) is 0 Å². The van der Waals surface area contributed by atoms with E-state index >= 15 is 0 Å². The molecule has 0 radical (unpaired) electrons. The highest BCUT2D eigenvalue weighted by Gasteiger charge is 2.49. The van der Waals surface area contributed by atoms with Crippen LogP contribution in [0.3, 0.4) is 0 Å². The zero-order valence-corrected chi connectivity index (χ0v) is 39.5. The number of carbonyl (C=O) groups excluding carboxylic acids is 2. The Labute approximate surface area is 392 Å². The van der Waals surface area contributed by atoms with E-state index in [0.29, 0.717) is 38.2 Å². The summed E-state index contributed by atoms with van der Waals surface area (Å²) >= 11 is 0. The molecule has 2 aromatic carbocycles. The molecule has 66 heavy (non-hydrogen) atoms. The normalized spacial score (nSPS) is 26.5. The number of methoxy groups -OCH3 is 1. The van der Waals surface area contributed by atoms with E-state index in [1.807, 2.05) is 36.4 Å². The smallest absolute Gasteiger partial charge is 0.173 e. The maximum Gasteiger partial charge on any atom is 0.173 e. The number of benzene rings is 2. The van der Waals surface area contributed by atoms with Gasteiger partial charge in [-0.25, -0.2) is 0 Å². The number of aromatic amines is 1. The number of H-pyrrole nitrogens is 1. The molecule has 0 amide bonds. The molecule has 2 saturated carbocycles. The van der Waals surface area contributed by atoms with Gasteiger partial charge in [0.05, 0.1) is 31.1 Å². The number of phenols is 1. The molecule has 1 aromatic heterocycles. The quantitative estimate of drug-likeness (QED) is 0.0563. The summed E-state index contributed by atoms with van der Waals surface area (Å²) in [6, 6.07) is 15.6. The van der Waals surface area contributed by atoms with Crippen molar-refractivity contribution in [2.45, 2.75) is 140 Å². The number of dihydropyridines is 1. The molecular weight excluding hydrogens is 829 g/mol. The van der Waals surface area contributed by atoms with Crippen LogP contribution in [-0.2, 0) is 21.4 Å². The van der Waals surface area contributed by atoms with Crippen molar-refractivity contribution < 1.29 is 34.8 Å². The Balaban J connectivity index is 1.32. The number of phenolic OH excluding ortho intramolecular Hbond substituents is 1. The lowest BCUT2D eigenvalue weighted by atomic mass is 9.61. The van der Waals surface area contributed by atoms with Crippen LogP contribution in [0.4, 0.5) is 0 Å². The molecule has 1 aliphatic heterocycles. The van der Waals surface area contributed by atoms with Gasteiger partial charge in [0.15, 0.2) is 29.2 Å². The van der Waals surface area contributed by atoms with Crippen LogP contribution >= 0.6 is 0 Å². The average molecular weight is 903 g/mol. The summed E-state index contributed by atoms with van der Waals surface area (Å²) < 4.78 is 5.49. The number of hydrogen-bond donors (Lipinski definition) is 8. The van der Waals surface area contributed by atoms with Crippen LogP contribution in [0.5, 0.6) is 11.5 Å². The van der Waals surface area contributed by atoms with E-state index in [9.17, 15) is 30.0 Å². The number of Topliss-reactive ketones (excluding diaryl/α,β-unsaturated/α-hetero) is 2. The summed E-state index contributed by atoms with van der Waals surface area (Å²) in [7, 11) is 1.48. The fraction of sp³-hybridized carbons (Fsp3) is 0.564. The van der Waals surface area contributed by atoms with Gasteiger partial charge in [-0.2, -0.15) is 0 Å². The molecule has 11 heteroatoms. The number of aromatic nitrogens is 1. The molecule has 7 rings (SSSR count). The lowest BCUT2D eigenvalue weighted by Gasteiger charge is -2.46. The van der Waals surface area contributed by atoms with Gasteiger partial charge in [-0.05, 0) is 134 Å². The second-order valence-corrected chi connectivity index (χ2v) is 20.0. The van der Waals surface area contributed by atoms with Crippen molar-refractivity contribution in [2.75, 3.05) is 26.7 Å². The van der Waals surface area contributed by atoms with Crippen molar-refractivity contribution in [2.24, 2.45) is 35.3 Å². The first-order chi connectivity index (χ1) is 31.8. The van der Waals surface area contributed by atoms with E-state index in [-0.39, 0.29) is 48.0 Å². The molecule has 2 heterocycles. The van der Waals surface area contributed by atoms with Gasteiger partial charge < -0.3 is 46.5 Å². The van der Waals surface area contributed by atoms with Crippen molar-refractivity contribution in [1.82, 2.24) is 15.6 Å². The van der Waals surface area contributed by atoms with E-state index < -0.39 is 53.0 Å². The largest absolute Gasteiger partial charge is 0.504 e. The molecular formula is C55H74N4O7. The van der Waals surface area contributed by atoms with Crippen molar-refractivity contribution in [3.8, 4) is 23.3 Å². The average Bonchev–Trinajstić information content (AvgIpc) is 3.75. The Bertz CT molecular complexity index is 2250. The third-order valence-corrected chi connectivity index (χ3v) is 15.3. The Morgan fingerprint density at radius 1 is 0.985 bits per heavy atom. The van der Waals surface area contributed by atoms with Crippen LogP contribution in [0.2, 0.25) is 0 Å². The highest BCUT2D eigenvalue weighted by atomic mass is 16.5. The summed E-state index contributed by atoms with van der Waals surface area (Å²) in [5.74, 6) is 5.32. The number of aliphatic hydroxyl groups is 3. The summed E-state index contributed by atoms with van der Waals surface area (Å²) in [4.78, 5) is 32.7. The number of aromatic hydroxyl groups is 1. The first-order valence-electron chi connectivity index (χ1n) is 24.7. The van der Waals surface area contributed by atoms with Gasteiger partial charge in [-0.3, -0.25) is 9.59 Å². The molecule has 10 unspecified atom stereocenters. The van der Waals surface area contributed by atoms with Crippen LogP contribution in [0.15, 0.2) is 78.3 Å². The molecule has 10 atom stereocenters. The lowest BCUT2D eigenvalue weighted by Crippen LogP contribution is -2.48. The van der Waals surface area contributed by atoms with Crippen molar-refractivity contribution in [3.63, 3.8) is 0 Å². The van der Waals surface area contributed by atoms with Crippen molar-refractivity contribution in [3.05, 3.63) is 106 Å². The second kappa shape index (κ2) is 22.3. The number of allylic oxidation sites excluding steroid dienone is 2. The SMILES string of the molecule is CCCC(C1CC(CC2=CCNC(N)=C2)CC2C#CC(c3ccccc3)c3cc(O)c(OC)cc3CCC(=O)C(O)C(=O)C2C1)C(O)C1(c2cc(C(C)CNCC(C)O)c[nH]2)CCCCC1. The first-order valence-corrected chi connectivity index (χ1v) is 24.7. The highest BCUT2D eigenvalue weighted by Crippen LogP contribution is 2.51. The summed E-state index contributed by atoms with van der Waals surface area (Å²) in [6.45, 7) is 7.98. The third-order valence-electron chi connectivity index (χ3n) is 15.3. The van der Waals surface area contributed by atoms with Crippen LogP contribution in [0.25, 0.3) is 0 Å². The zero-order valence-electron chi connectivity index (χ0n) is 39.5. The number of aryl methyl sites for hydroxylation is 1. The molecule has 0 spiro atoms. The number of fused-ring (bicyclic) bond motifs is 2. The molecule has 2 fully saturated rings. The molecule has 356 valence electrons. The first kappa shape index (κ1) is 49.1. The number of rotatable bonds is 15. The fourth-order valence-corrected chi connectivity index (χ4v) is 11.8. The van der Waals surface area contributed by atoms with Crippen LogP contribution in [-0.4, -0.2) is 82.0 Å². The summed E-state index contributed by atoms with van der Waals surface area (Å²) in [6.07, 6.45) is 12.2. The van der Waals surface area contributed by atoms with Gasteiger partial charge >= 0.3 is 0 Å². The lowest BCUT2D eigenvalue weighted by molar-refractivity contribution is -0.142. The number of aliphatic hydroxyl groups excluding tert-OH is 3. The predicted octanol–water partition coefficient (Wildman–Crippen LogP) is 7.43. The van der Waals surface area contributed by atoms with Crippen LogP contribution < -0.4 is 21.1 Å². The monoisotopic (exact) mass is 903 g/mol. The van der Waals surface area contributed by atoms with Crippen molar-refractivity contribution in [1.29, 1.82) is 0 Å². The maximum absolute atomic E-state index is 15.0. The molecule has 9 N–H and O–H groups in total. The number of nitrogens with one attached hydrogen (secondary N) is 3. The van der Waals surface area contributed by atoms with E-state index in [4.69, 9.17) is 10.5 Å². The minimum Gasteiger partial charge on any atom is -0.504 e. The molecule has 4 aliphatic rings. The molecule has 0 bridgehead atoms. The standard InChI is InChI=1S/C55H74N4O7/c1-5-12-44(54(65)55(20-10-7-11-21-55)50-29-42(33-59-50)34(2)31-57-32-35(3)60)41-25-37(23-36-19-22-58-51(56)26-36)24-39-15-17-43(38-13-8-6-9-14-38)45-30-48(62)49(66-4)28-40(45)16-18-47(61)53(64)52(63)46(39)27-41/h6,8-9,13-14,19,26,28-30,33-35,37,39,41,43-44,46,53-54,57-60,62,64-65H,5,7,10-12,16,18,20-25,27,31-32,56H2,1-4H3. The Hall–Kier alpha value is -4.86. The number of ether oxygens (including phenoxy) is 1.